The minimum Gasteiger partial charge on any atom is -0.325 e. The quantitative estimate of drug-likeness (QED) is 0.823. The van der Waals surface area contributed by atoms with Crippen LogP contribution in [-0.2, 0) is 4.79 Å². The Morgan fingerprint density at radius 2 is 2.00 bits per heavy atom. The van der Waals surface area contributed by atoms with Crippen LogP contribution in [-0.4, -0.2) is 26.4 Å². The minimum atomic E-state index is -0.133. The van der Waals surface area contributed by atoms with Crippen LogP contribution in [0.2, 0.25) is 10.0 Å². The summed E-state index contributed by atoms with van der Waals surface area (Å²) in [6, 6.07) is 5.43. The lowest BCUT2D eigenvalue weighted by atomic mass is 10.3. The van der Waals surface area contributed by atoms with E-state index >= 15 is 0 Å². The molecule has 1 heterocycles. The summed E-state index contributed by atoms with van der Waals surface area (Å²) in [6.45, 7) is 1.93. The molecule has 1 N–H and O–H groups in total. The van der Waals surface area contributed by atoms with Crippen molar-refractivity contribution in [3.05, 3.63) is 34.1 Å². The van der Waals surface area contributed by atoms with Crippen molar-refractivity contribution in [3.63, 3.8) is 0 Å². The second-order valence-corrected chi connectivity index (χ2v) is 6.94. The van der Waals surface area contributed by atoms with Crippen LogP contribution in [0.1, 0.15) is 24.7 Å². The van der Waals surface area contributed by atoms with E-state index in [1.165, 1.54) is 11.8 Å². The van der Waals surface area contributed by atoms with Gasteiger partial charge in [-0.05, 0) is 38.0 Å². The number of amides is 1. The fourth-order valence-electron chi connectivity index (χ4n) is 2.15. The number of halogens is 2. The number of nitrogens with one attached hydrogen (secondary N) is 1. The molecule has 0 spiro atoms. The van der Waals surface area contributed by atoms with Crippen molar-refractivity contribution in [1.82, 2.24) is 14.8 Å². The van der Waals surface area contributed by atoms with E-state index in [1.807, 2.05) is 6.92 Å². The van der Waals surface area contributed by atoms with Gasteiger partial charge in [0, 0.05) is 21.8 Å². The van der Waals surface area contributed by atoms with Crippen LogP contribution in [0.3, 0.4) is 0 Å². The zero-order chi connectivity index (χ0) is 15.7. The van der Waals surface area contributed by atoms with Gasteiger partial charge in [-0.2, -0.15) is 0 Å². The molecule has 1 aliphatic carbocycles. The van der Waals surface area contributed by atoms with E-state index in [-0.39, 0.29) is 11.7 Å². The van der Waals surface area contributed by atoms with E-state index in [1.54, 1.807) is 18.2 Å². The van der Waals surface area contributed by atoms with Crippen molar-refractivity contribution in [2.24, 2.45) is 0 Å². The smallest absolute Gasteiger partial charge is 0.234 e. The largest absolute Gasteiger partial charge is 0.325 e. The maximum atomic E-state index is 12.0. The molecule has 1 saturated carbocycles. The molecule has 0 aliphatic heterocycles. The molecule has 2 aromatic rings. The predicted octanol–water partition coefficient (Wildman–Crippen LogP) is 3.96. The van der Waals surface area contributed by atoms with E-state index < -0.39 is 0 Å². The molecule has 0 bridgehead atoms. The Balaban J connectivity index is 1.60. The molecule has 1 fully saturated rings. The number of carbonyl (C=O) groups excluding carboxylic acids is 1. The number of thioether (sulfide) groups is 1. The van der Waals surface area contributed by atoms with Gasteiger partial charge in [0.15, 0.2) is 5.16 Å². The number of rotatable bonds is 5. The van der Waals surface area contributed by atoms with Gasteiger partial charge in [0.2, 0.25) is 5.91 Å². The van der Waals surface area contributed by atoms with Gasteiger partial charge in [0.05, 0.1) is 5.75 Å². The third kappa shape index (κ3) is 3.74. The van der Waals surface area contributed by atoms with Crippen molar-refractivity contribution >= 4 is 46.6 Å². The summed E-state index contributed by atoms with van der Waals surface area (Å²) < 4.78 is 2.11. The highest BCUT2D eigenvalue weighted by Gasteiger charge is 2.28. The van der Waals surface area contributed by atoms with Crippen LogP contribution in [0.4, 0.5) is 5.69 Å². The van der Waals surface area contributed by atoms with Crippen LogP contribution >= 0.6 is 35.0 Å². The van der Waals surface area contributed by atoms with Crippen molar-refractivity contribution in [3.8, 4) is 0 Å². The fourth-order valence-corrected chi connectivity index (χ4v) is 3.53. The Morgan fingerprint density at radius 1 is 1.32 bits per heavy atom. The highest BCUT2D eigenvalue weighted by atomic mass is 35.5. The van der Waals surface area contributed by atoms with Gasteiger partial charge < -0.3 is 9.88 Å². The number of nitrogens with zero attached hydrogens (tertiary/aromatic N) is 3. The average molecular weight is 357 g/mol. The third-order valence-electron chi connectivity index (χ3n) is 3.23. The molecule has 8 heteroatoms. The normalized spacial score (nSPS) is 14.1. The Hall–Kier alpha value is -1.24. The minimum absolute atomic E-state index is 0.133. The van der Waals surface area contributed by atoms with E-state index in [4.69, 9.17) is 23.2 Å². The summed E-state index contributed by atoms with van der Waals surface area (Å²) in [4.78, 5) is 12.0. The molecule has 0 unspecified atom stereocenters. The first-order chi connectivity index (χ1) is 10.5. The van der Waals surface area contributed by atoms with Crippen molar-refractivity contribution < 1.29 is 4.79 Å². The summed E-state index contributed by atoms with van der Waals surface area (Å²) in [5.74, 6) is 1.02. The number of aromatic nitrogens is 3. The molecule has 1 aliphatic rings. The maximum Gasteiger partial charge on any atom is 0.234 e. The Labute approximate surface area is 142 Å². The molecule has 3 rings (SSSR count). The highest BCUT2D eigenvalue weighted by molar-refractivity contribution is 7.99. The van der Waals surface area contributed by atoms with Crippen LogP contribution in [0.5, 0.6) is 0 Å². The Bertz CT molecular complexity index is 695. The van der Waals surface area contributed by atoms with Gasteiger partial charge in [0.1, 0.15) is 5.82 Å². The van der Waals surface area contributed by atoms with Crippen molar-refractivity contribution in [1.29, 1.82) is 0 Å². The first-order valence-corrected chi connectivity index (χ1v) is 8.57. The third-order valence-corrected chi connectivity index (χ3v) is 4.61. The summed E-state index contributed by atoms with van der Waals surface area (Å²) in [6.07, 6.45) is 2.30. The average Bonchev–Trinajstić information content (AvgIpc) is 3.19. The van der Waals surface area contributed by atoms with Gasteiger partial charge in [-0.3, -0.25) is 4.79 Å². The first-order valence-electron chi connectivity index (χ1n) is 6.83. The summed E-state index contributed by atoms with van der Waals surface area (Å²) in [5, 5.41) is 12.8. The zero-order valence-corrected chi connectivity index (χ0v) is 14.2. The summed E-state index contributed by atoms with van der Waals surface area (Å²) in [7, 11) is 0. The molecule has 0 saturated heterocycles. The molecule has 116 valence electrons. The van der Waals surface area contributed by atoms with Gasteiger partial charge in [-0.15, -0.1) is 10.2 Å². The van der Waals surface area contributed by atoms with Crippen LogP contribution in [0, 0.1) is 6.92 Å². The molecule has 5 nitrogen and oxygen atoms in total. The van der Waals surface area contributed by atoms with Gasteiger partial charge >= 0.3 is 0 Å². The molecule has 22 heavy (non-hydrogen) atoms. The molecular formula is C14H14Cl2N4OS. The van der Waals surface area contributed by atoms with Gasteiger partial charge in [-0.25, -0.2) is 0 Å². The van der Waals surface area contributed by atoms with E-state index in [0.29, 0.717) is 21.8 Å². The Kier molecular flexibility index (Phi) is 4.61. The van der Waals surface area contributed by atoms with Crippen LogP contribution < -0.4 is 5.32 Å². The number of anilines is 1. The predicted molar refractivity (Wildman–Crippen MR) is 88.8 cm³/mol. The van der Waals surface area contributed by atoms with Crippen LogP contribution in [0.15, 0.2) is 23.4 Å². The maximum absolute atomic E-state index is 12.0. The lowest BCUT2D eigenvalue weighted by molar-refractivity contribution is -0.113. The monoisotopic (exact) mass is 356 g/mol. The number of hydrogen-bond acceptors (Lipinski definition) is 4. The Morgan fingerprint density at radius 3 is 2.64 bits per heavy atom. The molecule has 0 radical (unpaired) electrons. The first kappa shape index (κ1) is 15.6. The molecule has 1 aromatic carbocycles. The number of aryl methyl sites for hydroxylation is 1. The highest BCUT2D eigenvalue weighted by Crippen LogP contribution is 2.38. The zero-order valence-electron chi connectivity index (χ0n) is 11.8. The van der Waals surface area contributed by atoms with Crippen LogP contribution in [0.25, 0.3) is 0 Å². The van der Waals surface area contributed by atoms with Crippen molar-refractivity contribution in [2.75, 3.05) is 11.1 Å². The van der Waals surface area contributed by atoms with Gasteiger partial charge in [0.25, 0.3) is 0 Å². The standard InChI is InChI=1S/C14H14Cl2N4OS/c1-8-18-19-14(20(8)12-2-3-12)22-7-13(21)17-11-5-9(15)4-10(16)6-11/h4-6,12H,2-3,7H2,1H3,(H,17,21). The second kappa shape index (κ2) is 6.48. The summed E-state index contributed by atoms with van der Waals surface area (Å²) in [5.41, 5.74) is 0.586. The lowest BCUT2D eigenvalue weighted by Gasteiger charge is -2.08. The van der Waals surface area contributed by atoms with E-state index in [2.05, 4.69) is 20.1 Å². The lowest BCUT2D eigenvalue weighted by Crippen LogP contribution is -2.14. The topological polar surface area (TPSA) is 59.8 Å². The van der Waals surface area contributed by atoms with E-state index in [0.717, 1.165) is 23.8 Å². The number of benzene rings is 1. The molecule has 0 atom stereocenters. The fraction of sp³-hybridized carbons (Fsp3) is 0.357. The summed E-state index contributed by atoms with van der Waals surface area (Å²) >= 11 is 13.2. The molecule has 1 amide bonds. The second-order valence-electron chi connectivity index (χ2n) is 5.13. The molecule has 1 aromatic heterocycles. The van der Waals surface area contributed by atoms with E-state index in [9.17, 15) is 4.79 Å². The SMILES string of the molecule is Cc1nnc(SCC(=O)Nc2cc(Cl)cc(Cl)c2)n1C1CC1. The van der Waals surface area contributed by atoms with Crippen molar-refractivity contribution in [2.45, 2.75) is 31.0 Å². The van der Waals surface area contributed by atoms with Gasteiger partial charge in [-0.1, -0.05) is 35.0 Å². The molecular weight excluding hydrogens is 343 g/mol. The number of carbonyl (C=O) groups is 1. The number of hydrogen-bond donors (Lipinski definition) is 1.